The fraction of sp³-hybridized carbons (Fsp3) is 0.500. The van der Waals surface area contributed by atoms with Crippen LogP contribution >= 0.6 is 11.6 Å². The number of nitrogens with zero attached hydrogens (tertiary/aromatic N) is 1. The lowest BCUT2D eigenvalue weighted by Gasteiger charge is -2.27. The van der Waals surface area contributed by atoms with Crippen molar-refractivity contribution >= 4 is 39.0 Å². The molecule has 0 unspecified atom stereocenters. The first-order valence-corrected chi connectivity index (χ1v) is 9.20. The molecule has 1 aliphatic rings. The lowest BCUT2D eigenvalue weighted by Crippen LogP contribution is -2.33. The summed E-state index contributed by atoms with van der Waals surface area (Å²) in [5.74, 6) is -0.606. The zero-order valence-corrected chi connectivity index (χ0v) is 14.5. The molecule has 0 amide bonds. The lowest BCUT2D eigenvalue weighted by molar-refractivity contribution is -0.384. The van der Waals surface area contributed by atoms with Crippen LogP contribution in [0.5, 0.6) is 0 Å². The molecule has 8 nitrogen and oxygen atoms in total. The third kappa shape index (κ3) is 4.15. The lowest BCUT2D eigenvalue weighted by atomic mass is 9.89. The molecule has 0 heterocycles. The molecule has 10 heteroatoms. The van der Waals surface area contributed by atoms with Crippen molar-refractivity contribution in [3.63, 3.8) is 0 Å². The van der Waals surface area contributed by atoms with Crippen molar-refractivity contribution < 1.29 is 22.9 Å². The number of carbonyl (C=O) groups excluding carboxylic acids is 1. The SMILES string of the molecule is COC(=O)C1CCC(S(=O)(=O)Nc2ccc(Cl)c([N+](=O)[O-])c2)CC1. The number of esters is 1. The van der Waals surface area contributed by atoms with Crippen LogP contribution in [0.2, 0.25) is 5.02 Å². The Bertz CT molecular complexity index is 744. The van der Waals surface area contributed by atoms with Crippen molar-refractivity contribution in [1.82, 2.24) is 0 Å². The van der Waals surface area contributed by atoms with Gasteiger partial charge < -0.3 is 4.74 Å². The Hall–Kier alpha value is -1.87. The molecule has 1 aromatic carbocycles. The number of carbonyl (C=O) groups is 1. The second-order valence-corrected chi connectivity index (χ2v) is 7.94. The Kier molecular flexibility index (Phi) is 5.66. The summed E-state index contributed by atoms with van der Waals surface area (Å²) in [5.41, 5.74) is -0.285. The number of nitrogens with one attached hydrogen (secondary N) is 1. The van der Waals surface area contributed by atoms with Gasteiger partial charge in [0.25, 0.3) is 5.69 Å². The second-order valence-electron chi connectivity index (χ2n) is 5.57. The Morgan fingerprint density at radius 2 is 1.96 bits per heavy atom. The van der Waals surface area contributed by atoms with Crippen LogP contribution < -0.4 is 4.72 Å². The summed E-state index contributed by atoms with van der Waals surface area (Å²) in [5, 5.41) is 10.1. The number of ether oxygens (including phenoxy) is 1. The van der Waals surface area contributed by atoms with E-state index in [1.807, 2.05) is 0 Å². The normalized spacial score (nSPS) is 21.1. The molecule has 132 valence electrons. The molecular formula is C14H17ClN2O6S. The van der Waals surface area contributed by atoms with Crippen LogP contribution in [0, 0.1) is 16.0 Å². The van der Waals surface area contributed by atoms with Gasteiger partial charge in [0.2, 0.25) is 10.0 Å². The molecule has 1 aromatic rings. The Balaban J connectivity index is 2.08. The van der Waals surface area contributed by atoms with Crippen LogP contribution in [0.3, 0.4) is 0 Å². The maximum atomic E-state index is 12.4. The van der Waals surface area contributed by atoms with Gasteiger partial charge in [0, 0.05) is 6.07 Å². The van der Waals surface area contributed by atoms with Gasteiger partial charge in [-0.1, -0.05) is 11.6 Å². The number of methoxy groups -OCH3 is 1. The third-order valence-corrected chi connectivity index (χ3v) is 6.24. The molecule has 0 radical (unpaired) electrons. The minimum absolute atomic E-state index is 0.0680. The van der Waals surface area contributed by atoms with Gasteiger partial charge in [0.15, 0.2) is 0 Å². The molecule has 1 N–H and O–H groups in total. The van der Waals surface area contributed by atoms with Crippen LogP contribution in [0.4, 0.5) is 11.4 Å². The predicted molar refractivity (Wildman–Crippen MR) is 88.4 cm³/mol. The molecule has 2 rings (SSSR count). The minimum atomic E-state index is -3.72. The molecule has 0 aliphatic heterocycles. The number of hydrogen-bond donors (Lipinski definition) is 1. The first kappa shape index (κ1) is 18.5. The summed E-state index contributed by atoms with van der Waals surface area (Å²) >= 11 is 5.71. The number of sulfonamides is 1. The van der Waals surface area contributed by atoms with E-state index in [1.54, 1.807) is 0 Å². The van der Waals surface area contributed by atoms with Gasteiger partial charge in [-0.15, -0.1) is 0 Å². The van der Waals surface area contributed by atoms with Crippen molar-refractivity contribution in [3.8, 4) is 0 Å². The number of nitro benzene ring substituents is 1. The molecule has 1 saturated carbocycles. The van der Waals surface area contributed by atoms with Crippen LogP contribution in [0.1, 0.15) is 25.7 Å². The summed E-state index contributed by atoms with van der Waals surface area (Å²) in [6.07, 6.45) is 1.51. The van der Waals surface area contributed by atoms with Crippen molar-refractivity contribution in [1.29, 1.82) is 0 Å². The first-order valence-electron chi connectivity index (χ1n) is 7.28. The fourth-order valence-corrected chi connectivity index (χ4v) is 4.44. The number of hydrogen-bond acceptors (Lipinski definition) is 6. The molecule has 0 saturated heterocycles. The maximum Gasteiger partial charge on any atom is 0.308 e. The maximum absolute atomic E-state index is 12.4. The van der Waals surface area contributed by atoms with Gasteiger partial charge in [-0.05, 0) is 37.8 Å². The average Bonchev–Trinajstić information content (AvgIpc) is 2.55. The number of nitro groups is 1. The Morgan fingerprint density at radius 1 is 1.33 bits per heavy atom. The molecule has 0 bridgehead atoms. The third-order valence-electron chi connectivity index (χ3n) is 4.05. The smallest absolute Gasteiger partial charge is 0.308 e. The van der Waals surface area contributed by atoms with E-state index in [1.165, 1.54) is 19.2 Å². The van der Waals surface area contributed by atoms with E-state index in [9.17, 15) is 23.3 Å². The predicted octanol–water partition coefficient (Wildman–Crippen LogP) is 2.72. The van der Waals surface area contributed by atoms with E-state index in [4.69, 9.17) is 11.6 Å². The highest BCUT2D eigenvalue weighted by Gasteiger charge is 2.34. The largest absolute Gasteiger partial charge is 0.469 e. The summed E-state index contributed by atoms with van der Waals surface area (Å²) in [6, 6.07) is 3.72. The summed E-state index contributed by atoms with van der Waals surface area (Å²) in [4.78, 5) is 21.7. The molecule has 0 spiro atoms. The molecule has 24 heavy (non-hydrogen) atoms. The monoisotopic (exact) mass is 376 g/mol. The van der Waals surface area contributed by atoms with Gasteiger partial charge in [0.1, 0.15) is 5.02 Å². The topological polar surface area (TPSA) is 116 Å². The highest BCUT2D eigenvalue weighted by molar-refractivity contribution is 7.93. The zero-order valence-electron chi connectivity index (χ0n) is 12.9. The van der Waals surface area contributed by atoms with Crippen LogP contribution in [0.15, 0.2) is 18.2 Å². The number of halogens is 1. The van der Waals surface area contributed by atoms with Gasteiger partial charge in [-0.2, -0.15) is 0 Å². The molecule has 0 aromatic heterocycles. The van der Waals surface area contributed by atoms with Crippen LogP contribution in [0.25, 0.3) is 0 Å². The minimum Gasteiger partial charge on any atom is -0.469 e. The standard InChI is InChI=1S/C14H17ClN2O6S/c1-23-14(18)9-2-5-11(6-3-9)24(21,22)16-10-4-7-12(15)13(8-10)17(19)20/h4,7-9,11,16H,2-3,5-6H2,1H3. The highest BCUT2D eigenvalue weighted by Crippen LogP contribution is 2.32. The quantitative estimate of drug-likeness (QED) is 0.480. The van der Waals surface area contributed by atoms with Crippen LogP contribution in [-0.4, -0.2) is 31.7 Å². The molecule has 1 fully saturated rings. The van der Waals surface area contributed by atoms with Gasteiger partial charge in [-0.3, -0.25) is 19.6 Å². The first-order chi connectivity index (χ1) is 11.2. The molecule has 0 atom stereocenters. The van der Waals surface area contributed by atoms with E-state index in [-0.39, 0.29) is 28.3 Å². The average molecular weight is 377 g/mol. The van der Waals surface area contributed by atoms with Gasteiger partial charge in [0.05, 0.1) is 28.9 Å². The van der Waals surface area contributed by atoms with Gasteiger partial charge >= 0.3 is 5.97 Å². The van der Waals surface area contributed by atoms with Crippen LogP contribution in [-0.2, 0) is 19.6 Å². The summed E-state index contributed by atoms with van der Waals surface area (Å²) < 4.78 is 31.9. The number of anilines is 1. The van der Waals surface area contributed by atoms with Crippen molar-refractivity contribution in [3.05, 3.63) is 33.3 Å². The summed E-state index contributed by atoms with van der Waals surface area (Å²) in [7, 11) is -2.41. The number of benzene rings is 1. The van der Waals surface area contributed by atoms with E-state index in [2.05, 4.69) is 9.46 Å². The fourth-order valence-electron chi connectivity index (χ4n) is 2.74. The Labute approximate surface area is 144 Å². The van der Waals surface area contributed by atoms with Crippen molar-refractivity contribution in [2.24, 2.45) is 5.92 Å². The van der Waals surface area contributed by atoms with Gasteiger partial charge in [-0.25, -0.2) is 8.42 Å². The molecule has 1 aliphatic carbocycles. The van der Waals surface area contributed by atoms with Crippen molar-refractivity contribution in [2.75, 3.05) is 11.8 Å². The zero-order chi connectivity index (χ0) is 17.9. The molecular weight excluding hydrogens is 360 g/mol. The Morgan fingerprint density at radius 3 is 2.50 bits per heavy atom. The highest BCUT2D eigenvalue weighted by atomic mass is 35.5. The van der Waals surface area contributed by atoms with E-state index in [0.29, 0.717) is 25.7 Å². The van der Waals surface area contributed by atoms with E-state index >= 15 is 0 Å². The van der Waals surface area contributed by atoms with E-state index in [0.717, 1.165) is 6.07 Å². The van der Waals surface area contributed by atoms with E-state index < -0.39 is 20.2 Å². The van der Waals surface area contributed by atoms with Crippen molar-refractivity contribution in [2.45, 2.75) is 30.9 Å². The second kappa shape index (κ2) is 7.35. The summed E-state index contributed by atoms with van der Waals surface area (Å²) in [6.45, 7) is 0. The number of rotatable bonds is 5.